The van der Waals surface area contributed by atoms with Crippen LogP contribution in [-0.4, -0.2) is 46.7 Å². The standard InChI is InChI=1S/C21H18ClF2N9O2/c22-17-9-29-19(30-11-21(23,24)16-5-1-2-6-27-16)20(35)32(17)10-18(34)28-8-14-15(4-3-7-26-14)33-13-25-12-31-33/h1-7,9,12-13H,8,10-11H2,(H,28,34)(H,29,30). The van der Waals surface area contributed by atoms with E-state index in [4.69, 9.17) is 11.6 Å². The van der Waals surface area contributed by atoms with E-state index in [0.29, 0.717) is 11.4 Å². The van der Waals surface area contributed by atoms with Gasteiger partial charge in [-0.05, 0) is 24.3 Å². The molecule has 14 heteroatoms. The molecule has 2 N–H and O–H groups in total. The summed E-state index contributed by atoms with van der Waals surface area (Å²) in [5, 5.41) is 8.89. The van der Waals surface area contributed by atoms with Crippen LogP contribution in [-0.2, 0) is 23.8 Å². The van der Waals surface area contributed by atoms with Gasteiger partial charge in [-0.15, -0.1) is 0 Å². The number of anilines is 1. The van der Waals surface area contributed by atoms with Gasteiger partial charge in [0, 0.05) is 12.4 Å². The zero-order valence-corrected chi connectivity index (χ0v) is 18.7. The lowest BCUT2D eigenvalue weighted by molar-refractivity contribution is -0.121. The Morgan fingerprint density at radius 3 is 2.69 bits per heavy atom. The van der Waals surface area contributed by atoms with Crippen molar-refractivity contribution in [2.75, 3.05) is 11.9 Å². The lowest BCUT2D eigenvalue weighted by Gasteiger charge is -2.17. The second-order valence-corrected chi connectivity index (χ2v) is 7.57. The van der Waals surface area contributed by atoms with Gasteiger partial charge in [-0.1, -0.05) is 17.7 Å². The van der Waals surface area contributed by atoms with Crippen LogP contribution in [0.15, 0.2) is 66.4 Å². The van der Waals surface area contributed by atoms with Crippen LogP contribution < -0.4 is 16.2 Å². The quantitative estimate of drug-likeness (QED) is 0.355. The second-order valence-electron chi connectivity index (χ2n) is 7.18. The van der Waals surface area contributed by atoms with Gasteiger partial charge in [0.05, 0.1) is 30.7 Å². The monoisotopic (exact) mass is 501 g/mol. The molecule has 4 rings (SSSR count). The van der Waals surface area contributed by atoms with E-state index in [-0.39, 0.29) is 17.5 Å². The molecule has 4 heterocycles. The van der Waals surface area contributed by atoms with Gasteiger partial charge in [0.15, 0.2) is 5.82 Å². The molecule has 4 aromatic heterocycles. The highest BCUT2D eigenvalue weighted by Crippen LogP contribution is 2.25. The molecule has 0 radical (unpaired) electrons. The third kappa shape index (κ3) is 5.63. The molecule has 0 fully saturated rings. The van der Waals surface area contributed by atoms with E-state index in [1.165, 1.54) is 41.7 Å². The number of pyridine rings is 2. The molecule has 180 valence electrons. The lowest BCUT2D eigenvalue weighted by atomic mass is 10.2. The maximum Gasteiger partial charge on any atom is 0.306 e. The summed E-state index contributed by atoms with van der Waals surface area (Å²) in [6.45, 7) is -1.35. The average molecular weight is 502 g/mol. The molecular weight excluding hydrogens is 484 g/mol. The molecule has 1 amide bonds. The first-order chi connectivity index (χ1) is 16.8. The van der Waals surface area contributed by atoms with E-state index in [2.05, 4.69) is 35.7 Å². The van der Waals surface area contributed by atoms with Gasteiger partial charge >= 0.3 is 5.92 Å². The molecule has 0 aromatic carbocycles. The Kier molecular flexibility index (Phi) is 7.06. The van der Waals surface area contributed by atoms with Crippen LogP contribution in [0, 0.1) is 0 Å². The van der Waals surface area contributed by atoms with Crippen molar-refractivity contribution in [1.82, 2.24) is 39.6 Å². The fourth-order valence-corrected chi connectivity index (χ4v) is 3.27. The van der Waals surface area contributed by atoms with Crippen molar-refractivity contribution in [3.8, 4) is 5.69 Å². The number of hydrogen-bond donors (Lipinski definition) is 2. The normalized spacial score (nSPS) is 11.3. The number of alkyl halides is 2. The molecule has 35 heavy (non-hydrogen) atoms. The summed E-state index contributed by atoms with van der Waals surface area (Å²) in [6.07, 6.45) is 6.76. The lowest BCUT2D eigenvalue weighted by Crippen LogP contribution is -2.35. The first-order valence-electron chi connectivity index (χ1n) is 10.2. The highest BCUT2D eigenvalue weighted by Gasteiger charge is 2.33. The van der Waals surface area contributed by atoms with Crippen LogP contribution in [0.5, 0.6) is 0 Å². The van der Waals surface area contributed by atoms with Gasteiger partial charge in [0.25, 0.3) is 5.56 Å². The molecule has 0 aliphatic carbocycles. The smallest absolute Gasteiger partial charge is 0.306 e. The third-order valence-corrected chi connectivity index (χ3v) is 5.11. The predicted molar refractivity (Wildman–Crippen MR) is 121 cm³/mol. The van der Waals surface area contributed by atoms with Gasteiger partial charge in [0.1, 0.15) is 30.0 Å². The first kappa shape index (κ1) is 23.9. The van der Waals surface area contributed by atoms with Crippen molar-refractivity contribution in [2.45, 2.75) is 19.0 Å². The minimum Gasteiger partial charge on any atom is -0.359 e. The number of hydrogen-bond acceptors (Lipinski definition) is 8. The van der Waals surface area contributed by atoms with Crippen molar-refractivity contribution in [3.63, 3.8) is 0 Å². The van der Waals surface area contributed by atoms with Crippen LogP contribution in [0.4, 0.5) is 14.6 Å². The van der Waals surface area contributed by atoms with Crippen molar-refractivity contribution < 1.29 is 13.6 Å². The maximum absolute atomic E-state index is 14.4. The molecular formula is C21H18ClF2N9O2. The Hall–Kier alpha value is -4.26. The van der Waals surface area contributed by atoms with Crippen LogP contribution in [0.1, 0.15) is 11.4 Å². The van der Waals surface area contributed by atoms with Crippen molar-refractivity contribution in [1.29, 1.82) is 0 Å². The Morgan fingerprint density at radius 2 is 1.94 bits per heavy atom. The number of amides is 1. The summed E-state index contributed by atoms with van der Waals surface area (Å²) < 4.78 is 31.2. The number of nitrogens with one attached hydrogen (secondary N) is 2. The Labute approximate surface area is 201 Å². The number of nitrogens with zero attached hydrogens (tertiary/aromatic N) is 7. The number of carbonyl (C=O) groups is 1. The van der Waals surface area contributed by atoms with Gasteiger partial charge in [-0.2, -0.15) is 13.9 Å². The SMILES string of the molecule is O=C(Cn1c(Cl)cnc(NCC(F)(F)c2ccccn2)c1=O)NCc1ncccc1-n1cncn1. The first-order valence-corrected chi connectivity index (χ1v) is 10.6. The number of halogens is 3. The molecule has 11 nitrogen and oxygen atoms in total. The van der Waals surface area contributed by atoms with Gasteiger partial charge in [0.2, 0.25) is 5.91 Å². The Morgan fingerprint density at radius 1 is 1.11 bits per heavy atom. The Balaban J connectivity index is 1.43. The number of aromatic nitrogens is 7. The van der Waals surface area contributed by atoms with Gasteiger partial charge in [-0.3, -0.25) is 24.1 Å². The summed E-state index contributed by atoms with van der Waals surface area (Å²) in [5.74, 6) is -4.29. The number of rotatable bonds is 9. The largest absolute Gasteiger partial charge is 0.359 e. The van der Waals surface area contributed by atoms with E-state index in [1.54, 1.807) is 18.3 Å². The summed E-state index contributed by atoms with van der Waals surface area (Å²) in [4.78, 5) is 40.8. The fraction of sp³-hybridized carbons (Fsp3) is 0.190. The zero-order chi connectivity index (χ0) is 24.8. The Bertz CT molecular complexity index is 1360. The van der Waals surface area contributed by atoms with Crippen LogP contribution >= 0.6 is 11.6 Å². The van der Waals surface area contributed by atoms with Gasteiger partial charge < -0.3 is 10.6 Å². The number of carbonyl (C=O) groups excluding carboxylic acids is 1. The van der Waals surface area contributed by atoms with E-state index in [1.807, 2.05) is 0 Å². The molecule has 0 atom stereocenters. The molecule has 0 aliphatic rings. The highest BCUT2D eigenvalue weighted by molar-refractivity contribution is 6.29. The highest BCUT2D eigenvalue weighted by atomic mass is 35.5. The maximum atomic E-state index is 14.4. The molecule has 0 aliphatic heterocycles. The molecule has 0 saturated carbocycles. The minimum absolute atomic E-state index is 0.0354. The molecule has 0 unspecified atom stereocenters. The van der Waals surface area contributed by atoms with E-state index < -0.39 is 36.2 Å². The second kappa shape index (κ2) is 10.3. The summed E-state index contributed by atoms with van der Waals surface area (Å²) in [6, 6.07) is 7.59. The van der Waals surface area contributed by atoms with E-state index >= 15 is 0 Å². The topological polar surface area (TPSA) is 133 Å². The molecule has 0 bridgehead atoms. The average Bonchev–Trinajstić information content (AvgIpc) is 3.40. The van der Waals surface area contributed by atoms with Gasteiger partial charge in [-0.25, -0.2) is 14.6 Å². The van der Waals surface area contributed by atoms with Crippen LogP contribution in [0.25, 0.3) is 5.69 Å². The van der Waals surface area contributed by atoms with Crippen molar-refractivity contribution >= 4 is 23.3 Å². The third-order valence-electron chi connectivity index (χ3n) is 4.81. The van der Waals surface area contributed by atoms with Crippen LogP contribution in [0.3, 0.4) is 0 Å². The van der Waals surface area contributed by atoms with Crippen molar-refractivity contribution in [2.24, 2.45) is 0 Å². The molecule has 0 spiro atoms. The molecule has 0 saturated heterocycles. The predicted octanol–water partition coefficient (Wildman–Crippen LogP) is 1.79. The summed E-state index contributed by atoms with van der Waals surface area (Å²) in [5.41, 5.74) is -0.157. The fourth-order valence-electron chi connectivity index (χ4n) is 3.09. The van der Waals surface area contributed by atoms with E-state index in [9.17, 15) is 18.4 Å². The minimum atomic E-state index is -3.36. The molecule has 4 aromatic rings. The summed E-state index contributed by atoms with van der Waals surface area (Å²) in [7, 11) is 0. The van der Waals surface area contributed by atoms with E-state index in [0.717, 1.165) is 10.8 Å². The van der Waals surface area contributed by atoms with Crippen LogP contribution in [0.2, 0.25) is 5.15 Å². The van der Waals surface area contributed by atoms with Crippen molar-refractivity contribution in [3.05, 3.63) is 88.5 Å². The summed E-state index contributed by atoms with van der Waals surface area (Å²) >= 11 is 6.05. The zero-order valence-electron chi connectivity index (χ0n) is 18.0.